The molecule has 0 aliphatic carbocycles. The van der Waals surface area contributed by atoms with E-state index in [1.165, 1.54) is 5.56 Å². The lowest BCUT2D eigenvalue weighted by atomic mass is 9.95. The monoisotopic (exact) mass is 373 g/mol. The molecule has 1 aromatic carbocycles. The highest BCUT2D eigenvalue weighted by atomic mass is 35.5. The van der Waals surface area contributed by atoms with Crippen LogP contribution in [0.2, 0.25) is 5.15 Å². The summed E-state index contributed by atoms with van der Waals surface area (Å²) in [4.78, 5) is 23.4. The van der Waals surface area contributed by atoms with E-state index in [4.69, 9.17) is 16.3 Å². The van der Waals surface area contributed by atoms with E-state index in [1.807, 2.05) is 6.07 Å². The lowest BCUT2D eigenvalue weighted by molar-refractivity contribution is 0.0524. The normalized spacial score (nSPS) is 15.8. The van der Waals surface area contributed by atoms with Gasteiger partial charge in [-0.2, -0.15) is 0 Å². The first kappa shape index (κ1) is 18.8. The van der Waals surface area contributed by atoms with Crippen LogP contribution in [0.15, 0.2) is 30.3 Å². The summed E-state index contributed by atoms with van der Waals surface area (Å²) in [6, 6.07) is 10.5. The van der Waals surface area contributed by atoms with Gasteiger partial charge in [0, 0.05) is 12.5 Å². The van der Waals surface area contributed by atoms with Crippen molar-refractivity contribution in [1.29, 1.82) is 0 Å². The zero-order valence-corrected chi connectivity index (χ0v) is 16.0. The molecule has 1 aliphatic heterocycles. The third-order valence-corrected chi connectivity index (χ3v) is 5.02. The van der Waals surface area contributed by atoms with Crippen LogP contribution in [-0.4, -0.2) is 40.5 Å². The van der Waals surface area contributed by atoms with E-state index in [0.717, 1.165) is 38.3 Å². The Morgan fingerprint density at radius 2 is 1.92 bits per heavy atom. The summed E-state index contributed by atoms with van der Waals surface area (Å²) in [5.41, 5.74) is 2.20. The maximum Gasteiger partial charge on any atom is 0.343 e. The van der Waals surface area contributed by atoms with Crippen LogP contribution in [-0.2, 0) is 11.3 Å². The SMILES string of the molecule is CCOC(=O)c1c(C)nc(C2CCN(Cc3ccccc3)CC2)nc1Cl. The highest BCUT2D eigenvalue weighted by molar-refractivity contribution is 6.32. The van der Waals surface area contributed by atoms with Gasteiger partial charge in [-0.1, -0.05) is 41.9 Å². The molecule has 0 unspecified atom stereocenters. The number of halogens is 1. The molecule has 1 aromatic heterocycles. The van der Waals surface area contributed by atoms with E-state index in [-0.39, 0.29) is 16.6 Å². The molecule has 1 saturated heterocycles. The minimum absolute atomic E-state index is 0.192. The van der Waals surface area contributed by atoms with Gasteiger partial charge in [0.2, 0.25) is 0 Å². The summed E-state index contributed by atoms with van der Waals surface area (Å²) in [5, 5.41) is 0.192. The van der Waals surface area contributed by atoms with Crippen molar-refractivity contribution in [2.45, 2.75) is 39.2 Å². The number of carbonyl (C=O) groups is 1. The Bertz CT molecular complexity index is 736. The molecule has 138 valence electrons. The summed E-state index contributed by atoms with van der Waals surface area (Å²) in [5.74, 6) is 0.550. The average molecular weight is 374 g/mol. The molecule has 0 N–H and O–H groups in total. The Balaban J connectivity index is 1.65. The van der Waals surface area contributed by atoms with Gasteiger partial charge in [-0.05, 0) is 45.3 Å². The highest BCUT2D eigenvalue weighted by Crippen LogP contribution is 2.29. The zero-order valence-electron chi connectivity index (χ0n) is 15.2. The van der Waals surface area contributed by atoms with E-state index in [0.29, 0.717) is 12.3 Å². The van der Waals surface area contributed by atoms with Crippen LogP contribution in [0.25, 0.3) is 0 Å². The summed E-state index contributed by atoms with van der Waals surface area (Å²) in [7, 11) is 0. The van der Waals surface area contributed by atoms with Crippen LogP contribution in [0, 0.1) is 6.92 Å². The standard InChI is InChI=1S/C20H24ClN3O2/c1-3-26-20(25)17-14(2)22-19(23-18(17)21)16-9-11-24(12-10-16)13-15-7-5-4-6-8-15/h4-8,16H,3,9-13H2,1-2H3. The molecule has 0 radical (unpaired) electrons. The lowest BCUT2D eigenvalue weighted by Gasteiger charge is -2.31. The van der Waals surface area contributed by atoms with E-state index in [9.17, 15) is 4.79 Å². The summed E-state index contributed by atoms with van der Waals surface area (Å²) < 4.78 is 5.04. The Labute approximate surface area is 159 Å². The van der Waals surface area contributed by atoms with Crippen LogP contribution < -0.4 is 0 Å². The topological polar surface area (TPSA) is 55.3 Å². The number of benzene rings is 1. The zero-order chi connectivity index (χ0) is 18.5. The Hall–Kier alpha value is -1.98. The van der Waals surface area contributed by atoms with Gasteiger partial charge in [-0.25, -0.2) is 14.8 Å². The highest BCUT2D eigenvalue weighted by Gasteiger charge is 2.26. The number of nitrogens with zero attached hydrogens (tertiary/aromatic N) is 3. The van der Waals surface area contributed by atoms with Gasteiger partial charge in [-0.15, -0.1) is 0 Å². The predicted octanol–water partition coefficient (Wildman–Crippen LogP) is 3.99. The van der Waals surface area contributed by atoms with Gasteiger partial charge in [0.15, 0.2) is 0 Å². The van der Waals surface area contributed by atoms with Crippen molar-refractivity contribution < 1.29 is 9.53 Å². The summed E-state index contributed by atoms with van der Waals surface area (Å²) in [6.07, 6.45) is 1.97. The number of piperidine rings is 1. The van der Waals surface area contributed by atoms with Crippen LogP contribution in [0.3, 0.4) is 0 Å². The fourth-order valence-corrected chi connectivity index (χ4v) is 3.67. The number of aromatic nitrogens is 2. The molecule has 0 amide bonds. The van der Waals surface area contributed by atoms with Crippen molar-refractivity contribution in [3.8, 4) is 0 Å². The van der Waals surface area contributed by atoms with Crippen molar-refractivity contribution in [2.75, 3.05) is 19.7 Å². The number of carbonyl (C=O) groups excluding carboxylic acids is 1. The molecule has 26 heavy (non-hydrogen) atoms. The van der Waals surface area contributed by atoms with Crippen molar-refractivity contribution in [3.63, 3.8) is 0 Å². The molecule has 3 rings (SSSR count). The van der Waals surface area contributed by atoms with Gasteiger partial charge >= 0.3 is 5.97 Å². The Morgan fingerprint density at radius 1 is 1.23 bits per heavy atom. The summed E-state index contributed by atoms with van der Waals surface area (Å²) >= 11 is 6.26. The predicted molar refractivity (Wildman–Crippen MR) is 101 cm³/mol. The molecular formula is C20H24ClN3O2. The molecule has 2 aromatic rings. The quantitative estimate of drug-likeness (QED) is 0.585. The molecule has 2 heterocycles. The summed E-state index contributed by atoms with van der Waals surface area (Å²) in [6.45, 7) is 6.82. The Morgan fingerprint density at radius 3 is 2.54 bits per heavy atom. The number of hydrogen-bond acceptors (Lipinski definition) is 5. The number of rotatable bonds is 5. The van der Waals surface area contributed by atoms with E-state index >= 15 is 0 Å². The average Bonchev–Trinajstić information content (AvgIpc) is 2.63. The molecule has 1 fully saturated rings. The van der Waals surface area contributed by atoms with Gasteiger partial charge in [0.1, 0.15) is 16.5 Å². The first-order chi connectivity index (χ1) is 12.6. The molecule has 0 spiro atoms. The number of ether oxygens (including phenoxy) is 1. The van der Waals surface area contributed by atoms with Crippen molar-refractivity contribution in [2.24, 2.45) is 0 Å². The molecule has 5 nitrogen and oxygen atoms in total. The number of aryl methyl sites for hydroxylation is 1. The minimum Gasteiger partial charge on any atom is -0.462 e. The van der Waals surface area contributed by atoms with Crippen molar-refractivity contribution in [1.82, 2.24) is 14.9 Å². The maximum atomic E-state index is 12.0. The first-order valence-corrected chi connectivity index (χ1v) is 9.43. The fourth-order valence-electron chi connectivity index (χ4n) is 3.37. The number of esters is 1. The van der Waals surface area contributed by atoms with Gasteiger partial charge in [0.25, 0.3) is 0 Å². The van der Waals surface area contributed by atoms with Crippen molar-refractivity contribution in [3.05, 3.63) is 58.1 Å². The molecular weight excluding hydrogens is 350 g/mol. The van der Waals surface area contributed by atoms with E-state index in [1.54, 1.807) is 13.8 Å². The second-order valence-electron chi connectivity index (χ2n) is 6.59. The van der Waals surface area contributed by atoms with Crippen LogP contribution in [0.5, 0.6) is 0 Å². The van der Waals surface area contributed by atoms with Crippen LogP contribution in [0.1, 0.15) is 53.1 Å². The second-order valence-corrected chi connectivity index (χ2v) is 6.95. The van der Waals surface area contributed by atoms with E-state index < -0.39 is 5.97 Å². The van der Waals surface area contributed by atoms with Gasteiger partial charge in [0.05, 0.1) is 12.3 Å². The molecule has 0 bridgehead atoms. The smallest absolute Gasteiger partial charge is 0.343 e. The second kappa shape index (κ2) is 8.60. The van der Waals surface area contributed by atoms with Gasteiger partial charge < -0.3 is 4.74 Å². The van der Waals surface area contributed by atoms with Gasteiger partial charge in [-0.3, -0.25) is 4.90 Å². The third-order valence-electron chi connectivity index (χ3n) is 4.74. The molecule has 6 heteroatoms. The number of likely N-dealkylation sites (tertiary alicyclic amines) is 1. The van der Waals surface area contributed by atoms with Crippen LogP contribution in [0.4, 0.5) is 0 Å². The maximum absolute atomic E-state index is 12.0. The van der Waals surface area contributed by atoms with Crippen LogP contribution >= 0.6 is 11.6 Å². The fraction of sp³-hybridized carbons (Fsp3) is 0.450. The van der Waals surface area contributed by atoms with E-state index in [2.05, 4.69) is 39.1 Å². The third kappa shape index (κ3) is 4.40. The van der Waals surface area contributed by atoms with Crippen molar-refractivity contribution >= 4 is 17.6 Å². The molecule has 1 aliphatic rings. The largest absolute Gasteiger partial charge is 0.462 e. The number of hydrogen-bond donors (Lipinski definition) is 0. The Kier molecular flexibility index (Phi) is 6.22. The minimum atomic E-state index is -0.459. The lowest BCUT2D eigenvalue weighted by Crippen LogP contribution is -2.33. The first-order valence-electron chi connectivity index (χ1n) is 9.06. The molecule has 0 saturated carbocycles. The molecule has 0 atom stereocenters.